The number of benzene rings is 1. The number of likely N-dealkylation sites (tertiary alicyclic amines) is 1. The van der Waals surface area contributed by atoms with Crippen LogP contribution < -0.4 is 5.32 Å². The van der Waals surface area contributed by atoms with Crippen LogP contribution in [0.2, 0.25) is 5.02 Å². The van der Waals surface area contributed by atoms with Gasteiger partial charge in [-0.3, -0.25) is 4.98 Å². The molecule has 1 unspecified atom stereocenters. The molecule has 0 bridgehead atoms. The molecule has 3 heterocycles. The summed E-state index contributed by atoms with van der Waals surface area (Å²) in [4.78, 5) is 16.3. The van der Waals surface area contributed by atoms with Crippen molar-refractivity contribution in [3.05, 3.63) is 65.7 Å². The lowest BCUT2D eigenvalue weighted by atomic mass is 9.97. The molecule has 1 saturated heterocycles. The molecule has 0 radical (unpaired) electrons. The molecule has 4 rings (SSSR count). The summed E-state index contributed by atoms with van der Waals surface area (Å²) in [5, 5.41) is 4.07. The summed E-state index contributed by atoms with van der Waals surface area (Å²) in [5.41, 5.74) is 2.77. The van der Waals surface area contributed by atoms with Crippen LogP contribution in [0.4, 0.5) is 11.5 Å². The van der Waals surface area contributed by atoms with E-state index in [2.05, 4.69) is 22.2 Å². The molecule has 0 saturated carbocycles. The summed E-state index contributed by atoms with van der Waals surface area (Å²) in [5.74, 6) is 1.99. The third-order valence-corrected chi connectivity index (χ3v) is 5.02. The maximum absolute atomic E-state index is 6.12. The van der Waals surface area contributed by atoms with Crippen molar-refractivity contribution in [2.45, 2.75) is 18.8 Å². The van der Waals surface area contributed by atoms with Crippen molar-refractivity contribution in [3.8, 4) is 11.3 Å². The second-order valence-electron chi connectivity index (χ2n) is 6.98. The number of anilines is 2. The quantitative estimate of drug-likeness (QED) is 0.709. The number of nitrogens with one attached hydrogen (secondary N) is 1. The molecule has 2 aromatic heterocycles. The highest BCUT2D eigenvalue weighted by molar-refractivity contribution is 6.30. The van der Waals surface area contributed by atoms with E-state index in [1.54, 1.807) is 6.20 Å². The lowest BCUT2D eigenvalue weighted by molar-refractivity contribution is 0.246. The fourth-order valence-electron chi connectivity index (χ4n) is 3.47. The van der Waals surface area contributed by atoms with Crippen LogP contribution in [0.3, 0.4) is 0 Å². The van der Waals surface area contributed by atoms with Crippen LogP contribution in [0, 0.1) is 0 Å². The summed E-state index contributed by atoms with van der Waals surface area (Å²) in [6.07, 6.45) is 5.88. The van der Waals surface area contributed by atoms with E-state index in [1.807, 2.05) is 48.7 Å². The summed E-state index contributed by atoms with van der Waals surface area (Å²) >= 11 is 6.12. The van der Waals surface area contributed by atoms with Gasteiger partial charge in [-0.15, -0.1) is 0 Å². The van der Waals surface area contributed by atoms with Crippen LogP contribution in [0.15, 0.2) is 54.9 Å². The van der Waals surface area contributed by atoms with Gasteiger partial charge in [0.05, 0.1) is 5.69 Å². The first kappa shape index (κ1) is 17.9. The minimum Gasteiger partial charge on any atom is -0.340 e. The van der Waals surface area contributed by atoms with Gasteiger partial charge in [0.1, 0.15) is 11.6 Å². The van der Waals surface area contributed by atoms with Crippen molar-refractivity contribution in [1.29, 1.82) is 0 Å². The highest BCUT2D eigenvalue weighted by atomic mass is 35.5. The van der Waals surface area contributed by atoms with Gasteiger partial charge in [0.15, 0.2) is 0 Å². The topological polar surface area (TPSA) is 53.9 Å². The van der Waals surface area contributed by atoms with Gasteiger partial charge in [0, 0.05) is 47.2 Å². The van der Waals surface area contributed by atoms with E-state index in [0.717, 1.165) is 48.1 Å². The molecule has 1 aliphatic rings. The number of hydrogen-bond acceptors (Lipinski definition) is 5. The van der Waals surface area contributed by atoms with Crippen LogP contribution in [-0.2, 0) is 0 Å². The number of likely N-dealkylation sites (N-methyl/N-ethyl adjacent to an activating group) is 1. The van der Waals surface area contributed by atoms with Gasteiger partial charge in [-0.05, 0) is 56.8 Å². The average molecular weight is 380 g/mol. The standard InChI is InChI=1S/C21H22ClN5/c1-27-10-4-6-16(14-27)21-25-19(15-5-3-9-23-13-15)12-20(26-21)24-18-8-2-7-17(22)11-18/h2-3,5,7-9,11-13,16H,4,6,10,14H2,1H3,(H,24,25,26). The maximum atomic E-state index is 6.12. The molecule has 3 aromatic rings. The Kier molecular flexibility index (Phi) is 5.32. The number of aromatic nitrogens is 3. The number of piperidine rings is 1. The fraction of sp³-hybridized carbons (Fsp3) is 0.286. The average Bonchev–Trinajstić information content (AvgIpc) is 2.68. The third kappa shape index (κ3) is 4.43. The molecule has 1 fully saturated rings. The fourth-order valence-corrected chi connectivity index (χ4v) is 3.66. The summed E-state index contributed by atoms with van der Waals surface area (Å²) in [6, 6.07) is 13.6. The Hall–Kier alpha value is -2.50. The Morgan fingerprint density at radius 2 is 2.07 bits per heavy atom. The molecule has 0 spiro atoms. The summed E-state index contributed by atoms with van der Waals surface area (Å²) in [6.45, 7) is 2.11. The molecule has 1 aromatic carbocycles. The highest BCUT2D eigenvalue weighted by Crippen LogP contribution is 2.29. The van der Waals surface area contributed by atoms with E-state index in [0.29, 0.717) is 10.9 Å². The van der Waals surface area contributed by atoms with Crippen molar-refractivity contribution in [2.75, 3.05) is 25.5 Å². The molecule has 27 heavy (non-hydrogen) atoms. The van der Waals surface area contributed by atoms with E-state index < -0.39 is 0 Å². The smallest absolute Gasteiger partial charge is 0.135 e. The number of hydrogen-bond donors (Lipinski definition) is 1. The Balaban J connectivity index is 1.72. The highest BCUT2D eigenvalue weighted by Gasteiger charge is 2.22. The van der Waals surface area contributed by atoms with Crippen LogP contribution in [-0.4, -0.2) is 40.0 Å². The van der Waals surface area contributed by atoms with Crippen molar-refractivity contribution in [3.63, 3.8) is 0 Å². The Morgan fingerprint density at radius 3 is 2.85 bits per heavy atom. The van der Waals surface area contributed by atoms with Crippen molar-refractivity contribution < 1.29 is 0 Å². The molecule has 0 amide bonds. The molecular formula is C21H22ClN5. The minimum absolute atomic E-state index is 0.334. The monoisotopic (exact) mass is 379 g/mol. The first-order chi connectivity index (χ1) is 13.2. The van der Waals surface area contributed by atoms with E-state index in [9.17, 15) is 0 Å². The van der Waals surface area contributed by atoms with E-state index >= 15 is 0 Å². The van der Waals surface area contributed by atoms with Gasteiger partial charge in [-0.2, -0.15) is 0 Å². The predicted octanol–water partition coefficient (Wildman–Crippen LogP) is 4.74. The molecule has 6 heteroatoms. The van der Waals surface area contributed by atoms with Crippen molar-refractivity contribution in [1.82, 2.24) is 19.9 Å². The summed E-state index contributed by atoms with van der Waals surface area (Å²) < 4.78 is 0. The van der Waals surface area contributed by atoms with E-state index in [1.165, 1.54) is 6.42 Å². The maximum Gasteiger partial charge on any atom is 0.135 e. The molecule has 1 atom stereocenters. The second-order valence-corrected chi connectivity index (χ2v) is 7.41. The zero-order chi connectivity index (χ0) is 18.6. The molecule has 1 aliphatic heterocycles. The minimum atomic E-state index is 0.334. The van der Waals surface area contributed by atoms with Crippen LogP contribution in [0.1, 0.15) is 24.6 Å². The molecule has 5 nitrogen and oxygen atoms in total. The van der Waals surface area contributed by atoms with Crippen molar-refractivity contribution in [2.24, 2.45) is 0 Å². The number of pyridine rings is 1. The van der Waals surface area contributed by atoms with Crippen LogP contribution in [0.5, 0.6) is 0 Å². The van der Waals surface area contributed by atoms with Gasteiger partial charge in [-0.25, -0.2) is 9.97 Å². The number of rotatable bonds is 4. The molecular weight excluding hydrogens is 358 g/mol. The first-order valence-electron chi connectivity index (χ1n) is 9.18. The Morgan fingerprint density at radius 1 is 1.15 bits per heavy atom. The lowest BCUT2D eigenvalue weighted by Gasteiger charge is -2.29. The first-order valence-corrected chi connectivity index (χ1v) is 9.56. The van der Waals surface area contributed by atoms with Gasteiger partial charge in [0.25, 0.3) is 0 Å². The molecule has 1 N–H and O–H groups in total. The molecule has 0 aliphatic carbocycles. The van der Waals surface area contributed by atoms with Gasteiger partial charge < -0.3 is 10.2 Å². The van der Waals surface area contributed by atoms with Crippen LogP contribution in [0.25, 0.3) is 11.3 Å². The number of halogens is 1. The Labute approximate surface area is 164 Å². The van der Waals surface area contributed by atoms with Crippen LogP contribution >= 0.6 is 11.6 Å². The van der Waals surface area contributed by atoms with Gasteiger partial charge >= 0.3 is 0 Å². The molecule has 138 valence electrons. The predicted molar refractivity (Wildman–Crippen MR) is 109 cm³/mol. The largest absolute Gasteiger partial charge is 0.340 e. The summed E-state index contributed by atoms with van der Waals surface area (Å²) in [7, 11) is 2.16. The van der Waals surface area contributed by atoms with Gasteiger partial charge in [-0.1, -0.05) is 17.7 Å². The van der Waals surface area contributed by atoms with E-state index in [-0.39, 0.29) is 0 Å². The normalized spacial score (nSPS) is 17.6. The Bertz CT molecular complexity index is 915. The lowest BCUT2D eigenvalue weighted by Crippen LogP contribution is -2.31. The second kappa shape index (κ2) is 8.03. The zero-order valence-corrected chi connectivity index (χ0v) is 16.0. The zero-order valence-electron chi connectivity index (χ0n) is 15.3. The van der Waals surface area contributed by atoms with Gasteiger partial charge in [0.2, 0.25) is 0 Å². The van der Waals surface area contributed by atoms with E-state index in [4.69, 9.17) is 21.6 Å². The third-order valence-electron chi connectivity index (χ3n) is 4.79. The van der Waals surface area contributed by atoms with Crippen molar-refractivity contribution >= 4 is 23.1 Å². The number of nitrogens with zero attached hydrogens (tertiary/aromatic N) is 4. The SMILES string of the molecule is CN1CCCC(c2nc(Nc3cccc(Cl)c3)cc(-c3cccnc3)n2)C1.